The second-order valence-electron chi connectivity index (χ2n) is 5.40. The van der Waals surface area contributed by atoms with Gasteiger partial charge < -0.3 is 5.32 Å². The van der Waals surface area contributed by atoms with E-state index in [1.807, 2.05) is 13.0 Å². The van der Waals surface area contributed by atoms with E-state index in [0.717, 1.165) is 23.1 Å². The lowest BCUT2D eigenvalue weighted by Crippen LogP contribution is -2.06. The molecule has 0 atom stereocenters. The molecule has 1 N–H and O–H groups in total. The Kier molecular flexibility index (Phi) is 5.41. The zero-order valence-corrected chi connectivity index (χ0v) is 13.6. The summed E-state index contributed by atoms with van der Waals surface area (Å²) < 4.78 is 0. The lowest BCUT2D eigenvalue weighted by molar-refractivity contribution is -0.114. The molecule has 118 valence electrons. The number of rotatable bonds is 5. The standard InChI is InChI=1S/C19H20N2O2/c1-4-5-17(15-8-6-13(2)7-9-15)16-10-11-18(20-14(3)22)19(12-16)21-23/h5-12H,4H2,1-3H3,(H,20,22)/b17-5+. The fourth-order valence-electron chi connectivity index (χ4n) is 2.41. The van der Waals surface area contributed by atoms with Crippen LogP contribution < -0.4 is 5.32 Å². The van der Waals surface area contributed by atoms with Gasteiger partial charge in [0.05, 0.1) is 5.69 Å². The minimum Gasteiger partial charge on any atom is -0.324 e. The number of aryl methyl sites for hydroxylation is 1. The monoisotopic (exact) mass is 308 g/mol. The van der Waals surface area contributed by atoms with Gasteiger partial charge in [-0.05, 0) is 47.4 Å². The second-order valence-corrected chi connectivity index (χ2v) is 5.40. The molecular formula is C19H20N2O2. The minimum atomic E-state index is -0.231. The first kappa shape index (κ1) is 16.6. The van der Waals surface area contributed by atoms with E-state index < -0.39 is 0 Å². The molecule has 0 aromatic heterocycles. The van der Waals surface area contributed by atoms with Crippen LogP contribution in [0.2, 0.25) is 0 Å². The van der Waals surface area contributed by atoms with Crippen molar-refractivity contribution in [1.29, 1.82) is 0 Å². The van der Waals surface area contributed by atoms with Gasteiger partial charge in [0.1, 0.15) is 5.69 Å². The number of hydrogen-bond acceptors (Lipinski definition) is 3. The van der Waals surface area contributed by atoms with Crippen molar-refractivity contribution < 1.29 is 4.79 Å². The first-order valence-corrected chi connectivity index (χ1v) is 7.57. The molecule has 2 rings (SSSR count). The van der Waals surface area contributed by atoms with Crippen molar-refractivity contribution >= 4 is 22.9 Å². The van der Waals surface area contributed by atoms with Crippen molar-refractivity contribution in [2.75, 3.05) is 5.32 Å². The van der Waals surface area contributed by atoms with Crippen molar-refractivity contribution in [3.63, 3.8) is 0 Å². The quantitative estimate of drug-likeness (QED) is 0.772. The zero-order valence-electron chi connectivity index (χ0n) is 13.6. The molecule has 0 heterocycles. The highest BCUT2D eigenvalue weighted by Gasteiger charge is 2.10. The smallest absolute Gasteiger partial charge is 0.221 e. The number of nitrogens with zero attached hydrogens (tertiary/aromatic N) is 1. The maximum absolute atomic E-state index is 11.2. The van der Waals surface area contributed by atoms with Gasteiger partial charge in [-0.15, -0.1) is 4.91 Å². The number of anilines is 1. The molecule has 2 aromatic carbocycles. The van der Waals surface area contributed by atoms with E-state index >= 15 is 0 Å². The second kappa shape index (κ2) is 7.49. The summed E-state index contributed by atoms with van der Waals surface area (Å²) in [6.07, 6.45) is 2.99. The van der Waals surface area contributed by atoms with Crippen LogP contribution in [0.25, 0.3) is 5.57 Å². The van der Waals surface area contributed by atoms with E-state index in [1.54, 1.807) is 12.1 Å². The average molecular weight is 308 g/mol. The number of hydrogen-bond donors (Lipinski definition) is 1. The SMILES string of the molecule is CC/C=C(\c1ccc(C)cc1)c1ccc(NC(C)=O)c(N=O)c1. The fourth-order valence-corrected chi connectivity index (χ4v) is 2.41. The molecule has 0 saturated carbocycles. The largest absolute Gasteiger partial charge is 0.324 e. The topological polar surface area (TPSA) is 58.5 Å². The highest BCUT2D eigenvalue weighted by Crippen LogP contribution is 2.32. The number of nitrogens with one attached hydrogen (secondary N) is 1. The number of amides is 1. The van der Waals surface area contributed by atoms with Crippen LogP contribution in [0.15, 0.2) is 53.7 Å². The summed E-state index contributed by atoms with van der Waals surface area (Å²) in [5, 5.41) is 5.66. The van der Waals surface area contributed by atoms with Gasteiger partial charge in [-0.25, -0.2) is 0 Å². The Bertz CT molecular complexity index is 746. The van der Waals surface area contributed by atoms with Crippen molar-refractivity contribution in [3.8, 4) is 0 Å². The van der Waals surface area contributed by atoms with Gasteiger partial charge in [0.2, 0.25) is 5.91 Å². The lowest BCUT2D eigenvalue weighted by atomic mass is 9.95. The van der Waals surface area contributed by atoms with Crippen LogP contribution in [-0.2, 0) is 4.79 Å². The third kappa shape index (κ3) is 4.13. The van der Waals surface area contributed by atoms with Crippen molar-refractivity contribution in [2.24, 2.45) is 5.18 Å². The first-order valence-electron chi connectivity index (χ1n) is 7.57. The Morgan fingerprint density at radius 2 is 1.78 bits per heavy atom. The highest BCUT2D eigenvalue weighted by molar-refractivity contribution is 5.93. The summed E-state index contributed by atoms with van der Waals surface area (Å²) in [7, 11) is 0. The van der Waals surface area contributed by atoms with E-state index in [4.69, 9.17) is 0 Å². The summed E-state index contributed by atoms with van der Waals surface area (Å²) in [4.78, 5) is 22.3. The van der Waals surface area contributed by atoms with Gasteiger partial charge in [-0.2, -0.15) is 0 Å². The van der Waals surface area contributed by atoms with E-state index in [-0.39, 0.29) is 11.6 Å². The third-order valence-electron chi connectivity index (χ3n) is 3.49. The van der Waals surface area contributed by atoms with E-state index in [9.17, 15) is 9.70 Å². The molecule has 0 aliphatic rings. The fraction of sp³-hybridized carbons (Fsp3) is 0.211. The van der Waals surface area contributed by atoms with Crippen molar-refractivity contribution in [1.82, 2.24) is 0 Å². The molecule has 4 heteroatoms. The number of carbonyl (C=O) groups is 1. The van der Waals surface area contributed by atoms with Gasteiger partial charge in [-0.1, -0.05) is 48.9 Å². The Balaban J connectivity index is 2.48. The van der Waals surface area contributed by atoms with E-state index in [0.29, 0.717) is 5.69 Å². The number of benzene rings is 2. The molecule has 0 fully saturated rings. The maximum atomic E-state index is 11.2. The van der Waals surface area contributed by atoms with Crippen LogP contribution in [0, 0.1) is 11.8 Å². The average Bonchev–Trinajstić information content (AvgIpc) is 2.54. The predicted molar refractivity (Wildman–Crippen MR) is 94.7 cm³/mol. The normalized spacial score (nSPS) is 11.2. The molecule has 0 bridgehead atoms. The molecule has 0 unspecified atom stereocenters. The van der Waals surface area contributed by atoms with Crippen LogP contribution in [0.5, 0.6) is 0 Å². The van der Waals surface area contributed by atoms with E-state index in [1.165, 1.54) is 12.5 Å². The minimum absolute atomic E-state index is 0.229. The first-order chi connectivity index (χ1) is 11.0. The number of carbonyl (C=O) groups excluding carboxylic acids is 1. The lowest BCUT2D eigenvalue weighted by Gasteiger charge is -2.11. The van der Waals surface area contributed by atoms with Crippen LogP contribution in [0.1, 0.15) is 37.0 Å². The molecule has 0 aliphatic heterocycles. The Hall–Kier alpha value is -2.75. The molecule has 0 spiro atoms. The summed E-state index contributed by atoms with van der Waals surface area (Å²) >= 11 is 0. The van der Waals surface area contributed by atoms with Crippen molar-refractivity contribution in [3.05, 3.63) is 70.1 Å². The van der Waals surface area contributed by atoms with Gasteiger partial charge in [0, 0.05) is 6.92 Å². The summed E-state index contributed by atoms with van der Waals surface area (Å²) in [5.74, 6) is -0.231. The van der Waals surface area contributed by atoms with E-state index in [2.05, 4.69) is 47.8 Å². The van der Waals surface area contributed by atoms with Crippen LogP contribution in [0.4, 0.5) is 11.4 Å². The molecule has 1 amide bonds. The molecule has 0 aliphatic carbocycles. The maximum Gasteiger partial charge on any atom is 0.221 e. The number of allylic oxidation sites excluding steroid dienone is 1. The van der Waals surface area contributed by atoms with Gasteiger partial charge >= 0.3 is 0 Å². The zero-order chi connectivity index (χ0) is 16.8. The summed E-state index contributed by atoms with van der Waals surface area (Å²) in [5.41, 5.74) is 4.89. The molecular weight excluding hydrogens is 288 g/mol. The Labute approximate surface area is 136 Å². The Morgan fingerprint density at radius 1 is 1.13 bits per heavy atom. The van der Waals surface area contributed by atoms with Gasteiger partial charge in [0.25, 0.3) is 0 Å². The molecule has 23 heavy (non-hydrogen) atoms. The number of nitroso groups, excluding NO2 is 1. The predicted octanol–water partition coefficient (Wildman–Crippen LogP) is 5.19. The highest BCUT2D eigenvalue weighted by atomic mass is 16.3. The van der Waals surface area contributed by atoms with Crippen LogP contribution in [-0.4, -0.2) is 5.91 Å². The van der Waals surface area contributed by atoms with Gasteiger partial charge in [-0.3, -0.25) is 4.79 Å². The Morgan fingerprint density at radius 3 is 2.35 bits per heavy atom. The molecule has 0 radical (unpaired) electrons. The van der Waals surface area contributed by atoms with Crippen LogP contribution >= 0.6 is 0 Å². The summed E-state index contributed by atoms with van der Waals surface area (Å²) in [6, 6.07) is 13.6. The third-order valence-corrected chi connectivity index (χ3v) is 3.49. The van der Waals surface area contributed by atoms with Crippen LogP contribution in [0.3, 0.4) is 0 Å². The summed E-state index contributed by atoms with van der Waals surface area (Å²) in [6.45, 7) is 5.51. The molecule has 0 saturated heterocycles. The molecule has 2 aromatic rings. The van der Waals surface area contributed by atoms with Crippen molar-refractivity contribution in [2.45, 2.75) is 27.2 Å². The van der Waals surface area contributed by atoms with Gasteiger partial charge in [0.15, 0.2) is 0 Å². The molecule has 4 nitrogen and oxygen atoms in total.